The van der Waals surface area contributed by atoms with E-state index in [1.54, 1.807) is 0 Å². The molecule has 2 atom stereocenters. The zero-order valence-corrected chi connectivity index (χ0v) is 18.0. The number of hydrogen-bond acceptors (Lipinski definition) is 3. The van der Waals surface area contributed by atoms with Gasteiger partial charge in [-0.05, 0) is 61.6 Å². The lowest BCUT2D eigenvalue weighted by Gasteiger charge is -2.20. The second-order valence-corrected chi connectivity index (χ2v) is 7.59. The van der Waals surface area contributed by atoms with Crippen LogP contribution in [0.3, 0.4) is 0 Å². The van der Waals surface area contributed by atoms with Gasteiger partial charge in [0, 0.05) is 5.69 Å². The van der Waals surface area contributed by atoms with Crippen LogP contribution in [0.25, 0.3) is 0 Å². The van der Waals surface area contributed by atoms with E-state index in [-0.39, 0.29) is 6.10 Å². The van der Waals surface area contributed by atoms with Gasteiger partial charge >= 0.3 is 0 Å². The first kappa shape index (κ1) is 22.1. The van der Waals surface area contributed by atoms with Crippen LogP contribution in [0, 0.1) is 0 Å². The maximum atomic E-state index is 6.21. The zero-order valence-electron chi connectivity index (χ0n) is 18.0. The monoisotopic (exact) mass is 383 g/mol. The number of anilines is 1. The maximum Gasteiger partial charge on any atom is 0.123 e. The van der Waals surface area contributed by atoms with E-state index in [2.05, 4.69) is 63.3 Å². The molecule has 3 heteroatoms. The van der Waals surface area contributed by atoms with Crippen molar-refractivity contribution >= 4 is 5.69 Å². The Hall–Kier alpha value is -2.16. The third kappa shape index (κ3) is 7.46. The summed E-state index contributed by atoms with van der Waals surface area (Å²) in [5, 5.41) is 3.46. The van der Waals surface area contributed by atoms with Gasteiger partial charge in [-0.2, -0.15) is 0 Å². The lowest BCUT2D eigenvalue weighted by atomic mass is 9.98. The molecule has 2 unspecified atom stereocenters. The smallest absolute Gasteiger partial charge is 0.123 e. The van der Waals surface area contributed by atoms with Crippen LogP contribution >= 0.6 is 0 Å². The van der Waals surface area contributed by atoms with Crippen molar-refractivity contribution in [1.29, 1.82) is 0 Å². The van der Waals surface area contributed by atoms with E-state index in [1.165, 1.54) is 24.8 Å². The molecule has 2 aromatic rings. The van der Waals surface area contributed by atoms with Crippen molar-refractivity contribution in [2.45, 2.75) is 71.8 Å². The fourth-order valence-corrected chi connectivity index (χ4v) is 3.12. The number of rotatable bonds is 13. The van der Waals surface area contributed by atoms with Crippen molar-refractivity contribution < 1.29 is 9.47 Å². The summed E-state index contributed by atoms with van der Waals surface area (Å²) in [4.78, 5) is 0. The summed E-state index contributed by atoms with van der Waals surface area (Å²) in [5.41, 5.74) is 2.38. The Morgan fingerprint density at radius 1 is 0.893 bits per heavy atom. The largest absolute Gasteiger partial charge is 0.494 e. The van der Waals surface area contributed by atoms with Gasteiger partial charge in [0.05, 0.1) is 13.2 Å². The third-order valence-electron chi connectivity index (χ3n) is 5.11. The Morgan fingerprint density at radius 2 is 1.64 bits per heavy atom. The SMILES string of the molecule is CCCCCCOc1ccc(NCC(C)Oc2ccccc2C(C)CC)cc1. The van der Waals surface area contributed by atoms with Gasteiger partial charge in [0.25, 0.3) is 0 Å². The minimum Gasteiger partial charge on any atom is -0.494 e. The predicted octanol–water partition coefficient (Wildman–Crippen LogP) is 7.04. The molecule has 0 radical (unpaired) electrons. The van der Waals surface area contributed by atoms with Crippen LogP contribution in [0.2, 0.25) is 0 Å². The molecule has 2 aromatic carbocycles. The second-order valence-electron chi connectivity index (χ2n) is 7.59. The van der Waals surface area contributed by atoms with Gasteiger partial charge < -0.3 is 14.8 Å². The fourth-order valence-electron chi connectivity index (χ4n) is 3.12. The molecule has 0 saturated carbocycles. The van der Waals surface area contributed by atoms with Crippen molar-refractivity contribution in [3.05, 3.63) is 54.1 Å². The highest BCUT2D eigenvalue weighted by Crippen LogP contribution is 2.29. The van der Waals surface area contributed by atoms with E-state index < -0.39 is 0 Å². The second kappa shape index (κ2) is 12.3. The number of benzene rings is 2. The van der Waals surface area contributed by atoms with Crippen molar-refractivity contribution in [3.63, 3.8) is 0 Å². The van der Waals surface area contributed by atoms with Crippen LogP contribution in [-0.2, 0) is 0 Å². The van der Waals surface area contributed by atoms with Crippen molar-refractivity contribution in [2.24, 2.45) is 0 Å². The molecule has 154 valence electrons. The van der Waals surface area contributed by atoms with Crippen LogP contribution in [0.5, 0.6) is 11.5 Å². The molecule has 0 bridgehead atoms. The van der Waals surface area contributed by atoms with Crippen LogP contribution < -0.4 is 14.8 Å². The molecule has 0 fully saturated rings. The van der Waals surface area contributed by atoms with E-state index in [0.29, 0.717) is 5.92 Å². The van der Waals surface area contributed by atoms with E-state index in [1.807, 2.05) is 18.2 Å². The normalized spacial score (nSPS) is 13.0. The molecule has 0 aliphatic heterocycles. The number of ether oxygens (including phenoxy) is 2. The molecule has 0 spiro atoms. The van der Waals surface area contributed by atoms with Crippen molar-refractivity contribution in [1.82, 2.24) is 0 Å². The predicted molar refractivity (Wildman–Crippen MR) is 120 cm³/mol. The Kier molecular flexibility index (Phi) is 9.74. The Balaban J connectivity index is 1.78. The molecule has 0 saturated heterocycles. The van der Waals surface area contributed by atoms with Gasteiger partial charge in [0.2, 0.25) is 0 Å². The van der Waals surface area contributed by atoms with Crippen LogP contribution in [0.1, 0.15) is 71.3 Å². The summed E-state index contributed by atoms with van der Waals surface area (Å²) in [5.74, 6) is 2.44. The first-order chi connectivity index (χ1) is 13.6. The number of unbranched alkanes of at least 4 members (excludes halogenated alkanes) is 3. The van der Waals surface area contributed by atoms with Gasteiger partial charge in [0.1, 0.15) is 17.6 Å². The van der Waals surface area contributed by atoms with Gasteiger partial charge in [-0.1, -0.05) is 58.2 Å². The standard InChI is InChI=1S/C25H37NO2/c1-5-7-8-11-18-27-23-16-14-22(15-17-23)26-19-21(4)28-25-13-10-9-12-24(25)20(3)6-2/h9-10,12-17,20-21,26H,5-8,11,18-19H2,1-4H3. The molecule has 0 amide bonds. The van der Waals surface area contributed by atoms with E-state index in [9.17, 15) is 0 Å². The molecule has 3 nitrogen and oxygen atoms in total. The molecular formula is C25H37NO2. The summed E-state index contributed by atoms with van der Waals surface area (Å²) in [6, 6.07) is 16.6. The van der Waals surface area contributed by atoms with Crippen molar-refractivity contribution in [2.75, 3.05) is 18.5 Å². The van der Waals surface area contributed by atoms with Gasteiger partial charge in [-0.3, -0.25) is 0 Å². The highest BCUT2D eigenvalue weighted by molar-refractivity contribution is 5.46. The molecule has 1 N–H and O–H groups in total. The van der Waals surface area contributed by atoms with Crippen LogP contribution in [-0.4, -0.2) is 19.3 Å². The van der Waals surface area contributed by atoms with Crippen LogP contribution in [0.4, 0.5) is 5.69 Å². The minimum absolute atomic E-state index is 0.0831. The van der Waals surface area contributed by atoms with Gasteiger partial charge in [0.15, 0.2) is 0 Å². The molecular weight excluding hydrogens is 346 g/mol. The highest BCUT2D eigenvalue weighted by atomic mass is 16.5. The summed E-state index contributed by atoms with van der Waals surface area (Å²) < 4.78 is 12.0. The summed E-state index contributed by atoms with van der Waals surface area (Å²) >= 11 is 0. The quantitative estimate of drug-likeness (QED) is 0.376. The summed E-state index contributed by atoms with van der Waals surface area (Å²) in [6.07, 6.45) is 6.11. The average Bonchev–Trinajstić information content (AvgIpc) is 2.73. The lowest BCUT2D eigenvalue weighted by Crippen LogP contribution is -2.23. The molecule has 0 aromatic heterocycles. The van der Waals surface area contributed by atoms with Gasteiger partial charge in [-0.25, -0.2) is 0 Å². The summed E-state index contributed by atoms with van der Waals surface area (Å²) in [7, 11) is 0. The minimum atomic E-state index is 0.0831. The van der Waals surface area contributed by atoms with E-state index in [0.717, 1.165) is 43.2 Å². The van der Waals surface area contributed by atoms with Crippen LogP contribution in [0.15, 0.2) is 48.5 Å². The Bertz CT molecular complexity index is 669. The van der Waals surface area contributed by atoms with E-state index in [4.69, 9.17) is 9.47 Å². The first-order valence-corrected chi connectivity index (χ1v) is 10.9. The number of para-hydroxylation sites is 1. The number of hydrogen-bond donors (Lipinski definition) is 1. The molecule has 2 rings (SSSR count). The van der Waals surface area contributed by atoms with Gasteiger partial charge in [-0.15, -0.1) is 0 Å². The molecule has 0 aliphatic carbocycles. The van der Waals surface area contributed by atoms with E-state index >= 15 is 0 Å². The Morgan fingerprint density at radius 3 is 2.36 bits per heavy atom. The lowest BCUT2D eigenvalue weighted by molar-refractivity contribution is 0.231. The fraction of sp³-hybridized carbons (Fsp3) is 0.520. The average molecular weight is 384 g/mol. The number of nitrogens with one attached hydrogen (secondary N) is 1. The molecule has 28 heavy (non-hydrogen) atoms. The third-order valence-corrected chi connectivity index (χ3v) is 5.11. The topological polar surface area (TPSA) is 30.5 Å². The maximum absolute atomic E-state index is 6.21. The Labute approximate surface area is 171 Å². The van der Waals surface area contributed by atoms with Crippen molar-refractivity contribution in [3.8, 4) is 11.5 Å². The molecule has 0 aliphatic rings. The first-order valence-electron chi connectivity index (χ1n) is 10.9. The molecule has 0 heterocycles. The highest BCUT2D eigenvalue weighted by Gasteiger charge is 2.12. The zero-order chi connectivity index (χ0) is 20.2. The summed E-state index contributed by atoms with van der Waals surface area (Å²) in [6.45, 7) is 10.3.